The van der Waals surface area contributed by atoms with Crippen LogP contribution in [0.15, 0.2) is 0 Å². The molecular weight excluding hydrogens is 176 g/mol. The SMILES string of the molecule is CN(CCCO)CC1(N(C)C)CCC1. The molecule has 1 aliphatic rings. The van der Waals surface area contributed by atoms with E-state index < -0.39 is 0 Å². The van der Waals surface area contributed by atoms with Gasteiger partial charge in [0.15, 0.2) is 0 Å². The van der Waals surface area contributed by atoms with Gasteiger partial charge in [-0.15, -0.1) is 0 Å². The van der Waals surface area contributed by atoms with Crippen LogP contribution in [-0.2, 0) is 0 Å². The van der Waals surface area contributed by atoms with E-state index in [4.69, 9.17) is 5.11 Å². The molecule has 14 heavy (non-hydrogen) atoms. The van der Waals surface area contributed by atoms with Crippen LogP contribution in [0.3, 0.4) is 0 Å². The minimum absolute atomic E-state index is 0.305. The average Bonchev–Trinajstić information content (AvgIpc) is 2.07. The molecule has 1 saturated carbocycles. The van der Waals surface area contributed by atoms with E-state index in [0.717, 1.165) is 19.5 Å². The number of likely N-dealkylation sites (N-methyl/N-ethyl adjacent to an activating group) is 2. The van der Waals surface area contributed by atoms with Gasteiger partial charge < -0.3 is 14.9 Å². The number of aliphatic hydroxyl groups is 1. The van der Waals surface area contributed by atoms with Gasteiger partial charge in [0, 0.05) is 25.2 Å². The molecule has 0 aromatic carbocycles. The smallest absolute Gasteiger partial charge is 0.0443 e. The molecule has 1 fully saturated rings. The fourth-order valence-electron chi connectivity index (χ4n) is 2.25. The van der Waals surface area contributed by atoms with Gasteiger partial charge in [-0.1, -0.05) is 0 Å². The minimum Gasteiger partial charge on any atom is -0.396 e. The average molecular weight is 200 g/mol. The van der Waals surface area contributed by atoms with Crippen LogP contribution >= 0.6 is 0 Å². The van der Waals surface area contributed by atoms with E-state index in [1.165, 1.54) is 19.3 Å². The highest BCUT2D eigenvalue weighted by Gasteiger charge is 2.39. The van der Waals surface area contributed by atoms with Crippen LogP contribution in [0.2, 0.25) is 0 Å². The third-order valence-corrected chi connectivity index (χ3v) is 3.50. The van der Waals surface area contributed by atoms with Gasteiger partial charge in [0.05, 0.1) is 0 Å². The standard InChI is InChI=1S/C11H24N2O/c1-12(2)11(6-4-7-11)10-13(3)8-5-9-14/h14H,4-10H2,1-3H3. The molecular formula is C11H24N2O. The van der Waals surface area contributed by atoms with Crippen LogP contribution in [0.4, 0.5) is 0 Å². The van der Waals surface area contributed by atoms with E-state index in [0.29, 0.717) is 12.1 Å². The summed E-state index contributed by atoms with van der Waals surface area (Å²) in [6.07, 6.45) is 4.90. The van der Waals surface area contributed by atoms with Gasteiger partial charge in [0.1, 0.15) is 0 Å². The van der Waals surface area contributed by atoms with Gasteiger partial charge in [0.25, 0.3) is 0 Å². The summed E-state index contributed by atoms with van der Waals surface area (Å²) in [5, 5.41) is 8.76. The lowest BCUT2D eigenvalue weighted by molar-refractivity contribution is 0.0266. The molecule has 0 aromatic heterocycles. The lowest BCUT2D eigenvalue weighted by Crippen LogP contribution is -2.56. The summed E-state index contributed by atoms with van der Waals surface area (Å²) in [6, 6.07) is 0. The Morgan fingerprint density at radius 1 is 1.21 bits per heavy atom. The van der Waals surface area contributed by atoms with Crippen molar-refractivity contribution in [2.75, 3.05) is 40.8 Å². The van der Waals surface area contributed by atoms with E-state index in [9.17, 15) is 0 Å². The quantitative estimate of drug-likeness (QED) is 0.686. The van der Waals surface area contributed by atoms with Crippen molar-refractivity contribution < 1.29 is 5.11 Å². The maximum atomic E-state index is 8.76. The van der Waals surface area contributed by atoms with Gasteiger partial charge in [0.2, 0.25) is 0 Å². The molecule has 3 heteroatoms. The van der Waals surface area contributed by atoms with Crippen LogP contribution < -0.4 is 0 Å². The second-order valence-corrected chi connectivity index (χ2v) is 4.79. The molecule has 0 spiro atoms. The van der Waals surface area contributed by atoms with Crippen molar-refractivity contribution in [1.82, 2.24) is 9.80 Å². The van der Waals surface area contributed by atoms with E-state index in [1.54, 1.807) is 0 Å². The Hall–Kier alpha value is -0.120. The second kappa shape index (κ2) is 5.10. The normalized spacial score (nSPS) is 20.1. The van der Waals surface area contributed by atoms with Crippen LogP contribution in [0.1, 0.15) is 25.7 Å². The van der Waals surface area contributed by atoms with Crippen molar-refractivity contribution in [3.05, 3.63) is 0 Å². The molecule has 0 atom stereocenters. The van der Waals surface area contributed by atoms with Gasteiger partial charge in [-0.2, -0.15) is 0 Å². The van der Waals surface area contributed by atoms with Crippen molar-refractivity contribution in [2.45, 2.75) is 31.2 Å². The first-order valence-corrected chi connectivity index (χ1v) is 5.57. The van der Waals surface area contributed by atoms with E-state index in [-0.39, 0.29) is 0 Å². The monoisotopic (exact) mass is 200 g/mol. The fourth-order valence-corrected chi connectivity index (χ4v) is 2.25. The van der Waals surface area contributed by atoms with Crippen molar-refractivity contribution in [2.24, 2.45) is 0 Å². The van der Waals surface area contributed by atoms with E-state index >= 15 is 0 Å². The summed E-state index contributed by atoms with van der Waals surface area (Å²) in [7, 11) is 6.51. The highest BCUT2D eigenvalue weighted by Crippen LogP contribution is 2.36. The Morgan fingerprint density at radius 3 is 2.21 bits per heavy atom. The Kier molecular flexibility index (Phi) is 4.35. The van der Waals surface area contributed by atoms with Crippen molar-refractivity contribution in [3.63, 3.8) is 0 Å². The largest absolute Gasteiger partial charge is 0.396 e. The second-order valence-electron chi connectivity index (χ2n) is 4.79. The summed E-state index contributed by atoms with van der Waals surface area (Å²) in [6.45, 7) is 2.45. The molecule has 1 aliphatic carbocycles. The maximum Gasteiger partial charge on any atom is 0.0443 e. The Morgan fingerprint density at radius 2 is 1.86 bits per heavy atom. The minimum atomic E-state index is 0.305. The zero-order valence-electron chi connectivity index (χ0n) is 9.79. The lowest BCUT2D eigenvalue weighted by atomic mass is 9.75. The van der Waals surface area contributed by atoms with Crippen molar-refractivity contribution in [3.8, 4) is 0 Å². The molecule has 0 amide bonds. The number of rotatable bonds is 6. The van der Waals surface area contributed by atoms with Gasteiger partial charge in [-0.05, 0) is 46.8 Å². The van der Waals surface area contributed by atoms with E-state index in [1.807, 2.05) is 0 Å². The molecule has 0 heterocycles. The summed E-state index contributed by atoms with van der Waals surface area (Å²) in [5.74, 6) is 0. The third-order valence-electron chi connectivity index (χ3n) is 3.50. The van der Waals surface area contributed by atoms with Crippen molar-refractivity contribution in [1.29, 1.82) is 0 Å². The fraction of sp³-hybridized carbons (Fsp3) is 1.00. The molecule has 0 bridgehead atoms. The predicted octanol–water partition coefficient (Wildman–Crippen LogP) is 0.785. The number of nitrogens with zero attached hydrogens (tertiary/aromatic N) is 2. The summed E-state index contributed by atoms with van der Waals surface area (Å²) < 4.78 is 0. The third kappa shape index (κ3) is 2.69. The van der Waals surface area contributed by atoms with Gasteiger partial charge in [-0.3, -0.25) is 0 Å². The lowest BCUT2D eigenvalue weighted by Gasteiger charge is -2.49. The first kappa shape index (κ1) is 12.0. The predicted molar refractivity (Wildman–Crippen MR) is 59.5 cm³/mol. The molecule has 84 valence electrons. The molecule has 0 aromatic rings. The Labute approximate surface area is 87.7 Å². The molecule has 3 nitrogen and oxygen atoms in total. The number of aliphatic hydroxyl groups excluding tert-OH is 1. The number of hydrogen-bond donors (Lipinski definition) is 1. The van der Waals surface area contributed by atoms with Gasteiger partial charge >= 0.3 is 0 Å². The molecule has 0 saturated heterocycles. The zero-order chi connectivity index (χ0) is 10.6. The zero-order valence-corrected chi connectivity index (χ0v) is 9.79. The van der Waals surface area contributed by atoms with Crippen LogP contribution in [0.5, 0.6) is 0 Å². The summed E-state index contributed by atoms with van der Waals surface area (Å²) >= 11 is 0. The van der Waals surface area contributed by atoms with Gasteiger partial charge in [-0.25, -0.2) is 0 Å². The molecule has 1 N–H and O–H groups in total. The van der Waals surface area contributed by atoms with Crippen LogP contribution in [-0.4, -0.2) is 61.3 Å². The topological polar surface area (TPSA) is 26.7 Å². The Balaban J connectivity index is 2.33. The molecule has 1 rings (SSSR count). The van der Waals surface area contributed by atoms with Crippen LogP contribution in [0, 0.1) is 0 Å². The van der Waals surface area contributed by atoms with Crippen molar-refractivity contribution >= 4 is 0 Å². The van der Waals surface area contributed by atoms with E-state index in [2.05, 4.69) is 30.9 Å². The number of hydrogen-bond acceptors (Lipinski definition) is 3. The Bertz CT molecular complexity index is 167. The maximum absolute atomic E-state index is 8.76. The first-order chi connectivity index (χ1) is 6.60. The first-order valence-electron chi connectivity index (χ1n) is 5.57. The highest BCUT2D eigenvalue weighted by molar-refractivity contribution is 4.97. The highest BCUT2D eigenvalue weighted by atomic mass is 16.3. The molecule has 0 aliphatic heterocycles. The molecule has 0 unspecified atom stereocenters. The summed E-state index contributed by atoms with van der Waals surface area (Å²) in [4.78, 5) is 4.71. The van der Waals surface area contributed by atoms with Crippen LogP contribution in [0.25, 0.3) is 0 Å². The summed E-state index contributed by atoms with van der Waals surface area (Å²) in [5.41, 5.74) is 0.421. The molecule has 0 radical (unpaired) electrons.